The lowest BCUT2D eigenvalue weighted by atomic mass is 10.2. The van der Waals surface area contributed by atoms with Crippen molar-refractivity contribution < 1.29 is 36.2 Å². The van der Waals surface area contributed by atoms with E-state index in [2.05, 4.69) is 9.97 Å². The van der Waals surface area contributed by atoms with Crippen LogP contribution in [-0.2, 0) is 12.4 Å². The van der Waals surface area contributed by atoms with E-state index in [1.165, 1.54) is 30.6 Å². The Morgan fingerprint density at radius 2 is 1.03 bits per heavy atom. The maximum atomic E-state index is 12.4. The lowest BCUT2D eigenvalue weighted by molar-refractivity contribution is -0.138. The summed E-state index contributed by atoms with van der Waals surface area (Å²) in [5.41, 5.74) is -1.51. The van der Waals surface area contributed by atoms with Gasteiger partial charge in [0.05, 0.1) is 21.2 Å². The second-order valence-corrected chi connectivity index (χ2v) is 8.86. The van der Waals surface area contributed by atoms with Crippen molar-refractivity contribution in [2.45, 2.75) is 12.4 Å². The van der Waals surface area contributed by atoms with E-state index in [-0.39, 0.29) is 32.6 Å². The Morgan fingerprint density at radius 1 is 0.590 bits per heavy atom. The molecule has 4 nitrogen and oxygen atoms in total. The quantitative estimate of drug-likeness (QED) is 0.173. The number of pyridine rings is 2. The Labute approximate surface area is 242 Å². The zero-order valence-electron chi connectivity index (χ0n) is 18.8. The van der Waals surface area contributed by atoms with Gasteiger partial charge in [-0.25, -0.2) is 9.97 Å². The van der Waals surface area contributed by atoms with Gasteiger partial charge in [-0.1, -0.05) is 58.0 Å². The average molecular weight is 653 g/mol. The largest absolute Gasteiger partial charge is 0.508 e. The third-order valence-corrected chi connectivity index (χ3v) is 6.14. The number of rotatable bonds is 2. The van der Waals surface area contributed by atoms with Crippen LogP contribution in [-0.4, -0.2) is 15.1 Å². The molecule has 1 N–H and O–H groups in total. The van der Waals surface area contributed by atoms with Crippen LogP contribution in [0.4, 0.5) is 26.3 Å². The van der Waals surface area contributed by atoms with E-state index in [1.54, 1.807) is 6.07 Å². The molecule has 0 unspecified atom stereocenters. The fraction of sp³-hybridized carbons (Fsp3) is 0.0833. The minimum atomic E-state index is -4.38. The highest BCUT2D eigenvalue weighted by Gasteiger charge is 2.30. The monoisotopic (exact) mass is 650 g/mol. The number of nitrogens with zero attached hydrogens (tertiary/aromatic N) is 2. The highest BCUT2D eigenvalue weighted by Crippen LogP contribution is 2.35. The molecule has 0 fully saturated rings. The first-order chi connectivity index (χ1) is 18.1. The van der Waals surface area contributed by atoms with Gasteiger partial charge in [0.25, 0.3) is 0 Å². The van der Waals surface area contributed by atoms with Crippen LogP contribution in [0, 0.1) is 0 Å². The lowest BCUT2D eigenvalue weighted by Crippen LogP contribution is -2.04. The molecule has 2 heterocycles. The molecule has 0 radical (unpaired) electrons. The first-order valence-corrected chi connectivity index (χ1v) is 12.0. The lowest BCUT2D eigenvalue weighted by Gasteiger charge is -2.10. The van der Waals surface area contributed by atoms with E-state index in [4.69, 9.17) is 67.8 Å². The van der Waals surface area contributed by atoms with E-state index >= 15 is 0 Å². The molecule has 2 aromatic heterocycles. The van der Waals surface area contributed by atoms with Gasteiger partial charge in [-0.2, -0.15) is 26.3 Å². The number of phenols is 1. The molecule has 4 aromatic rings. The molecule has 0 aliphatic rings. The maximum Gasteiger partial charge on any atom is 0.416 e. The van der Waals surface area contributed by atoms with Crippen LogP contribution >= 0.6 is 58.0 Å². The topological polar surface area (TPSA) is 55.2 Å². The summed E-state index contributed by atoms with van der Waals surface area (Å²) in [7, 11) is 0. The SMILES string of the molecule is Clc1ccnc(Cl)c1Cl.FC(F)(F)c1ccc(Oc2ccnc(Cl)c2Cl)cc1.Oc1ccc(C(F)(F)F)cc1. The minimum absolute atomic E-state index is 0.0612. The van der Waals surface area contributed by atoms with Crippen LogP contribution in [0.1, 0.15) is 11.1 Å². The first kappa shape index (κ1) is 32.6. The van der Waals surface area contributed by atoms with Gasteiger partial charge in [0.15, 0.2) is 10.9 Å². The van der Waals surface area contributed by atoms with Gasteiger partial charge in [-0.05, 0) is 54.6 Å². The van der Waals surface area contributed by atoms with Crippen molar-refractivity contribution in [1.82, 2.24) is 9.97 Å². The average Bonchev–Trinajstić information content (AvgIpc) is 2.86. The number of aromatic nitrogens is 2. The molecular formula is C24H13Cl5F6N2O2. The summed E-state index contributed by atoms with van der Waals surface area (Å²) in [4.78, 5) is 7.42. The molecule has 0 saturated heterocycles. The van der Waals surface area contributed by atoms with Crippen LogP contribution in [0.25, 0.3) is 0 Å². The predicted molar refractivity (Wildman–Crippen MR) is 138 cm³/mol. The zero-order valence-corrected chi connectivity index (χ0v) is 22.6. The highest BCUT2D eigenvalue weighted by molar-refractivity contribution is 6.47. The summed E-state index contributed by atoms with van der Waals surface area (Å²) in [6.45, 7) is 0. The number of hydrogen-bond acceptors (Lipinski definition) is 4. The number of ether oxygens (including phenoxy) is 1. The number of phenolic OH excluding ortho intramolecular Hbond substituents is 1. The Hall–Kier alpha value is -2.63. The van der Waals surface area contributed by atoms with E-state index in [9.17, 15) is 26.3 Å². The number of aromatic hydroxyl groups is 1. The molecule has 0 atom stereocenters. The van der Waals surface area contributed by atoms with E-state index in [0.717, 1.165) is 36.4 Å². The second kappa shape index (κ2) is 14.1. The number of hydrogen-bond donors (Lipinski definition) is 1. The summed E-state index contributed by atoms with van der Waals surface area (Å²) < 4.78 is 78.0. The summed E-state index contributed by atoms with van der Waals surface area (Å²) in [5, 5.41) is 9.79. The Kier molecular flexibility index (Phi) is 11.8. The predicted octanol–water partition coefficient (Wildman–Crippen LogP) is 10.7. The van der Waals surface area contributed by atoms with Crippen LogP contribution in [0.5, 0.6) is 17.2 Å². The maximum absolute atomic E-state index is 12.4. The molecule has 2 aromatic carbocycles. The number of halogens is 11. The molecular weight excluding hydrogens is 640 g/mol. The van der Waals surface area contributed by atoms with Crippen LogP contribution in [0.15, 0.2) is 73.1 Å². The highest BCUT2D eigenvalue weighted by atomic mass is 35.5. The fourth-order valence-corrected chi connectivity index (χ4v) is 3.13. The molecule has 0 aliphatic heterocycles. The van der Waals surface area contributed by atoms with Gasteiger partial charge in [-0.3, -0.25) is 0 Å². The Morgan fingerprint density at radius 3 is 1.46 bits per heavy atom. The van der Waals surface area contributed by atoms with Crippen LogP contribution < -0.4 is 4.74 Å². The van der Waals surface area contributed by atoms with Gasteiger partial charge < -0.3 is 9.84 Å². The minimum Gasteiger partial charge on any atom is -0.508 e. The molecule has 4 rings (SSSR count). The van der Waals surface area contributed by atoms with Crippen molar-refractivity contribution in [3.05, 3.63) is 110 Å². The Balaban J connectivity index is 0.000000226. The van der Waals surface area contributed by atoms with Crippen LogP contribution in [0.2, 0.25) is 25.4 Å². The number of benzene rings is 2. The third kappa shape index (κ3) is 10.5. The van der Waals surface area contributed by atoms with Crippen molar-refractivity contribution in [3.63, 3.8) is 0 Å². The van der Waals surface area contributed by atoms with E-state index < -0.39 is 23.5 Å². The van der Waals surface area contributed by atoms with Gasteiger partial charge in [0, 0.05) is 18.5 Å². The Bertz CT molecular complexity index is 1350. The summed E-state index contributed by atoms with van der Waals surface area (Å²) in [6, 6.07) is 11.0. The molecule has 208 valence electrons. The molecule has 0 aliphatic carbocycles. The molecule has 0 spiro atoms. The van der Waals surface area contributed by atoms with Gasteiger partial charge in [0.2, 0.25) is 0 Å². The van der Waals surface area contributed by atoms with Crippen LogP contribution in [0.3, 0.4) is 0 Å². The molecule has 0 saturated carbocycles. The molecule has 0 bridgehead atoms. The molecule has 0 amide bonds. The summed E-state index contributed by atoms with van der Waals surface area (Å²) in [5.74, 6) is 0.275. The smallest absolute Gasteiger partial charge is 0.416 e. The van der Waals surface area contributed by atoms with Crippen molar-refractivity contribution in [1.29, 1.82) is 0 Å². The first-order valence-electron chi connectivity index (χ1n) is 10.1. The van der Waals surface area contributed by atoms with Gasteiger partial charge >= 0.3 is 12.4 Å². The van der Waals surface area contributed by atoms with Gasteiger partial charge in [-0.15, -0.1) is 0 Å². The van der Waals surface area contributed by atoms with Crippen molar-refractivity contribution in [3.8, 4) is 17.2 Å². The molecule has 15 heteroatoms. The fourth-order valence-electron chi connectivity index (χ4n) is 2.37. The number of alkyl halides is 6. The van der Waals surface area contributed by atoms with Crippen molar-refractivity contribution in [2.24, 2.45) is 0 Å². The van der Waals surface area contributed by atoms with Crippen molar-refractivity contribution >= 4 is 58.0 Å². The second-order valence-electron chi connectivity index (χ2n) is 6.98. The summed E-state index contributed by atoms with van der Waals surface area (Å²) >= 11 is 28.1. The normalized spacial score (nSPS) is 11.1. The summed E-state index contributed by atoms with van der Waals surface area (Å²) in [6.07, 6.45) is -5.83. The van der Waals surface area contributed by atoms with Gasteiger partial charge in [0.1, 0.15) is 21.7 Å². The third-order valence-electron chi connectivity index (χ3n) is 4.21. The zero-order chi connectivity index (χ0) is 29.4. The van der Waals surface area contributed by atoms with E-state index in [0.29, 0.717) is 10.0 Å². The van der Waals surface area contributed by atoms with Crippen molar-refractivity contribution in [2.75, 3.05) is 0 Å². The molecule has 39 heavy (non-hydrogen) atoms. The standard InChI is InChI=1S/C12H6Cl2F3NO.C7H5F3O.C5H2Cl3N/c13-10-9(5-6-18-11(10)14)19-8-3-1-7(2-4-8)12(15,16)17;8-7(9,10)5-1-3-6(11)4-2-5;6-3-1-2-9-5(8)4(3)7/h1-6H;1-4,11H;1-2H. The van der Waals surface area contributed by atoms with E-state index in [1.807, 2.05) is 0 Å².